The standard InChI is InChI=1S/C21H25N7O5S/c1-13-8-27(9-15(32-13)11-31-3)17-6-16(34(29,30)26-21(12-22)4-5-21)10-28-18(17)7-23-19(28)20-25-24-14(2)33-20/h6-7,10,13,15,26H,4-5,8-9,11H2,1-3H3/t13-,15+/m0/s1. The molecule has 4 heterocycles. The first kappa shape index (κ1) is 22.7. The van der Waals surface area contributed by atoms with Crippen LogP contribution in [-0.4, -0.2) is 72.6 Å². The number of nitrogens with one attached hydrogen (secondary N) is 1. The van der Waals surface area contributed by atoms with Crippen LogP contribution in [0.15, 0.2) is 27.8 Å². The van der Waals surface area contributed by atoms with E-state index in [2.05, 4.69) is 30.9 Å². The number of methoxy groups -OCH3 is 1. The minimum Gasteiger partial charge on any atom is -0.419 e. The number of aryl methyl sites for hydroxylation is 1. The average molecular weight is 488 g/mol. The predicted molar refractivity (Wildman–Crippen MR) is 120 cm³/mol. The van der Waals surface area contributed by atoms with Crippen molar-refractivity contribution in [2.75, 3.05) is 31.7 Å². The van der Waals surface area contributed by atoms with E-state index in [1.54, 1.807) is 30.7 Å². The number of hydrogen-bond acceptors (Lipinski definition) is 10. The van der Waals surface area contributed by atoms with Gasteiger partial charge in [0.1, 0.15) is 10.4 Å². The Morgan fingerprint density at radius 1 is 1.35 bits per heavy atom. The molecule has 1 aliphatic heterocycles. The second kappa shape index (κ2) is 8.31. The van der Waals surface area contributed by atoms with E-state index in [0.29, 0.717) is 55.5 Å². The molecule has 0 aromatic carbocycles. The Kier molecular flexibility index (Phi) is 5.56. The monoisotopic (exact) mass is 487 g/mol. The van der Waals surface area contributed by atoms with Gasteiger partial charge in [-0.2, -0.15) is 9.98 Å². The maximum Gasteiger partial charge on any atom is 0.284 e. The van der Waals surface area contributed by atoms with Crippen LogP contribution in [0, 0.1) is 18.3 Å². The third kappa shape index (κ3) is 4.14. The molecule has 0 bridgehead atoms. The minimum atomic E-state index is -4.00. The Labute approximate surface area is 196 Å². The number of morpholine rings is 1. The van der Waals surface area contributed by atoms with E-state index in [-0.39, 0.29) is 23.0 Å². The molecule has 2 atom stereocenters. The highest BCUT2D eigenvalue weighted by molar-refractivity contribution is 7.89. The first-order valence-electron chi connectivity index (χ1n) is 10.9. The molecule has 1 saturated heterocycles. The fourth-order valence-electron chi connectivity index (χ4n) is 4.20. The van der Waals surface area contributed by atoms with Crippen LogP contribution in [0.2, 0.25) is 0 Å². The zero-order valence-electron chi connectivity index (χ0n) is 19.1. The molecule has 0 unspecified atom stereocenters. The van der Waals surface area contributed by atoms with Crippen molar-refractivity contribution in [3.8, 4) is 17.8 Å². The van der Waals surface area contributed by atoms with Gasteiger partial charge in [0.15, 0.2) is 0 Å². The maximum atomic E-state index is 13.3. The second-order valence-corrected chi connectivity index (χ2v) is 10.4. The molecule has 0 spiro atoms. The van der Waals surface area contributed by atoms with Gasteiger partial charge in [-0.1, -0.05) is 0 Å². The topological polar surface area (TPSA) is 148 Å². The van der Waals surface area contributed by atoms with Gasteiger partial charge in [-0.25, -0.2) is 13.4 Å². The first-order valence-corrected chi connectivity index (χ1v) is 12.4. The Balaban J connectivity index is 1.65. The van der Waals surface area contributed by atoms with Crippen molar-refractivity contribution in [2.24, 2.45) is 0 Å². The second-order valence-electron chi connectivity index (χ2n) is 8.75. The van der Waals surface area contributed by atoms with Gasteiger partial charge in [-0.15, -0.1) is 10.2 Å². The number of nitrogens with zero attached hydrogens (tertiary/aromatic N) is 6. The number of ether oxygens (including phenoxy) is 2. The molecule has 1 N–H and O–H groups in total. The van der Waals surface area contributed by atoms with Crippen LogP contribution in [0.3, 0.4) is 0 Å². The van der Waals surface area contributed by atoms with Gasteiger partial charge in [0.25, 0.3) is 5.89 Å². The lowest BCUT2D eigenvalue weighted by Crippen LogP contribution is -2.48. The Morgan fingerprint density at radius 2 is 2.15 bits per heavy atom. The molecule has 5 rings (SSSR count). The zero-order valence-corrected chi connectivity index (χ0v) is 19.9. The van der Waals surface area contributed by atoms with Gasteiger partial charge < -0.3 is 18.8 Å². The van der Waals surface area contributed by atoms with E-state index in [1.165, 1.54) is 6.20 Å². The molecule has 1 saturated carbocycles. The van der Waals surface area contributed by atoms with Crippen LogP contribution >= 0.6 is 0 Å². The number of sulfonamides is 1. The number of fused-ring (bicyclic) bond motifs is 1. The van der Waals surface area contributed by atoms with Crippen LogP contribution < -0.4 is 9.62 Å². The summed E-state index contributed by atoms with van der Waals surface area (Å²) in [5.74, 6) is 0.867. The average Bonchev–Trinajstić information content (AvgIpc) is 3.21. The molecular weight excluding hydrogens is 462 g/mol. The van der Waals surface area contributed by atoms with Crippen molar-refractivity contribution in [1.29, 1.82) is 5.26 Å². The molecule has 34 heavy (non-hydrogen) atoms. The van der Waals surface area contributed by atoms with Crippen LogP contribution in [0.4, 0.5) is 5.69 Å². The first-order chi connectivity index (χ1) is 16.2. The van der Waals surface area contributed by atoms with Gasteiger partial charge in [-0.05, 0) is 25.8 Å². The highest BCUT2D eigenvalue weighted by Crippen LogP contribution is 2.37. The lowest BCUT2D eigenvalue weighted by atomic mass is 10.2. The fourth-order valence-corrected chi connectivity index (χ4v) is 5.59. The third-order valence-electron chi connectivity index (χ3n) is 5.94. The van der Waals surface area contributed by atoms with Gasteiger partial charge in [0, 0.05) is 33.3 Å². The van der Waals surface area contributed by atoms with Gasteiger partial charge in [0.2, 0.25) is 21.7 Å². The van der Waals surface area contributed by atoms with Crippen molar-refractivity contribution in [3.63, 3.8) is 0 Å². The molecule has 1 aliphatic carbocycles. The molecule has 2 fully saturated rings. The number of pyridine rings is 1. The summed E-state index contributed by atoms with van der Waals surface area (Å²) in [5.41, 5.74) is 0.291. The summed E-state index contributed by atoms with van der Waals surface area (Å²) in [7, 11) is -2.39. The summed E-state index contributed by atoms with van der Waals surface area (Å²) in [6.45, 7) is 5.09. The zero-order chi connectivity index (χ0) is 24.1. The maximum absolute atomic E-state index is 13.3. The Hall–Kier alpha value is -3.05. The van der Waals surface area contributed by atoms with Crippen molar-refractivity contribution in [1.82, 2.24) is 24.3 Å². The highest BCUT2D eigenvalue weighted by Gasteiger charge is 2.47. The van der Waals surface area contributed by atoms with E-state index >= 15 is 0 Å². The van der Waals surface area contributed by atoms with Crippen molar-refractivity contribution >= 4 is 21.2 Å². The highest BCUT2D eigenvalue weighted by atomic mass is 32.2. The molecular formula is C21H25N7O5S. The summed E-state index contributed by atoms with van der Waals surface area (Å²) >= 11 is 0. The largest absolute Gasteiger partial charge is 0.419 e. The van der Waals surface area contributed by atoms with E-state index < -0.39 is 15.6 Å². The number of rotatable bonds is 7. The van der Waals surface area contributed by atoms with Crippen molar-refractivity contribution in [2.45, 2.75) is 49.3 Å². The lowest BCUT2D eigenvalue weighted by Gasteiger charge is -2.38. The Morgan fingerprint density at radius 3 is 2.79 bits per heavy atom. The summed E-state index contributed by atoms with van der Waals surface area (Å²) in [4.78, 5) is 6.52. The van der Waals surface area contributed by atoms with Gasteiger partial charge in [-0.3, -0.25) is 4.40 Å². The molecule has 3 aromatic heterocycles. The van der Waals surface area contributed by atoms with E-state index in [1.807, 2.05) is 6.92 Å². The quantitative estimate of drug-likeness (QED) is 0.516. The summed E-state index contributed by atoms with van der Waals surface area (Å²) in [6, 6.07) is 3.68. The molecule has 0 amide bonds. The molecule has 2 aliphatic rings. The van der Waals surface area contributed by atoms with Crippen LogP contribution in [0.1, 0.15) is 25.7 Å². The number of hydrogen-bond donors (Lipinski definition) is 1. The molecule has 13 heteroatoms. The number of nitriles is 1. The normalized spacial score (nSPS) is 22.1. The molecule has 12 nitrogen and oxygen atoms in total. The van der Waals surface area contributed by atoms with Gasteiger partial charge in [0.05, 0.1) is 42.3 Å². The smallest absolute Gasteiger partial charge is 0.284 e. The van der Waals surface area contributed by atoms with E-state index in [4.69, 9.17) is 13.9 Å². The summed E-state index contributed by atoms with van der Waals surface area (Å²) < 4.78 is 47.6. The van der Waals surface area contributed by atoms with E-state index in [9.17, 15) is 13.7 Å². The summed E-state index contributed by atoms with van der Waals surface area (Å²) in [5, 5.41) is 17.3. The van der Waals surface area contributed by atoms with Crippen LogP contribution in [0.25, 0.3) is 17.2 Å². The molecule has 0 radical (unpaired) electrons. The number of imidazole rings is 1. The number of anilines is 1. The molecule has 180 valence electrons. The van der Waals surface area contributed by atoms with Gasteiger partial charge >= 0.3 is 0 Å². The van der Waals surface area contributed by atoms with E-state index in [0.717, 1.165) is 0 Å². The number of aromatic nitrogens is 4. The minimum absolute atomic E-state index is 0.00875. The SMILES string of the molecule is COC[C@H]1CN(c2cc(S(=O)(=O)NC3(C#N)CC3)cn3c(-c4nnc(C)o4)ncc23)C[C@H](C)O1. The Bertz CT molecular complexity index is 1370. The lowest BCUT2D eigenvalue weighted by molar-refractivity contribution is -0.0510. The third-order valence-corrected chi connectivity index (χ3v) is 7.44. The summed E-state index contributed by atoms with van der Waals surface area (Å²) in [6.07, 6.45) is 3.80. The molecule has 3 aromatic rings. The fraction of sp³-hybridized carbons (Fsp3) is 0.524. The van der Waals surface area contributed by atoms with Crippen LogP contribution in [-0.2, 0) is 19.5 Å². The van der Waals surface area contributed by atoms with Crippen molar-refractivity contribution < 1.29 is 22.3 Å². The predicted octanol–water partition coefficient (Wildman–Crippen LogP) is 1.27. The van der Waals surface area contributed by atoms with Crippen molar-refractivity contribution in [3.05, 3.63) is 24.4 Å². The van der Waals surface area contributed by atoms with Crippen LogP contribution in [0.5, 0.6) is 0 Å².